The van der Waals surface area contributed by atoms with Crippen LogP contribution in [0.5, 0.6) is 0 Å². The fourth-order valence-electron chi connectivity index (χ4n) is 1.04. The zero-order chi connectivity index (χ0) is 16.0. The van der Waals surface area contributed by atoms with Gasteiger partial charge in [0.2, 0.25) is 0 Å². The third kappa shape index (κ3) is 13.5. The molecule has 5 nitrogen and oxygen atoms in total. The van der Waals surface area contributed by atoms with Crippen LogP contribution < -0.4 is 5.32 Å². The van der Waals surface area contributed by atoms with E-state index in [9.17, 15) is 9.59 Å². The summed E-state index contributed by atoms with van der Waals surface area (Å²) in [5.41, 5.74) is 6.53. The van der Waals surface area contributed by atoms with Crippen LogP contribution in [0.4, 0.5) is 4.79 Å². The van der Waals surface area contributed by atoms with Gasteiger partial charge in [0.25, 0.3) is 0 Å². The molecule has 2 N–H and O–H groups in total. The van der Waals surface area contributed by atoms with Crippen LogP contribution in [0.15, 0.2) is 36.5 Å². The number of hydrogen-bond acceptors (Lipinski definition) is 3. The van der Waals surface area contributed by atoms with Gasteiger partial charge >= 0.3 is 27.2 Å². The van der Waals surface area contributed by atoms with Gasteiger partial charge in [-0.05, 0) is 12.5 Å². The van der Waals surface area contributed by atoms with Gasteiger partial charge in [0.1, 0.15) is 6.61 Å². The average Bonchev–Trinajstić information content (AvgIpc) is 2.46. The van der Waals surface area contributed by atoms with E-state index in [4.69, 9.17) is 10.5 Å². The van der Waals surface area contributed by atoms with Crippen LogP contribution >= 0.6 is 0 Å². The van der Waals surface area contributed by atoms with E-state index in [2.05, 4.69) is 11.9 Å². The van der Waals surface area contributed by atoms with Crippen molar-refractivity contribution in [1.82, 2.24) is 5.32 Å². The number of rotatable bonds is 7. The third-order valence-corrected chi connectivity index (χ3v) is 2.20. The Morgan fingerprint density at radius 2 is 2.00 bits per heavy atom. The van der Waals surface area contributed by atoms with Gasteiger partial charge in [0.05, 0.1) is 0 Å². The Morgan fingerprint density at radius 1 is 1.43 bits per heavy atom. The molecule has 1 amide bonds. The molecule has 0 aromatic rings. The number of carbonyl (C=O) groups is 1. The van der Waals surface area contributed by atoms with E-state index in [-0.39, 0.29) is 33.6 Å². The van der Waals surface area contributed by atoms with Gasteiger partial charge < -0.3 is 20.6 Å². The Kier molecular flexibility index (Phi) is 19.9. The molecule has 0 bridgehead atoms. The first kappa shape index (κ1) is 24.8. The van der Waals surface area contributed by atoms with Crippen LogP contribution in [0.25, 0.3) is 5.73 Å². The summed E-state index contributed by atoms with van der Waals surface area (Å²) in [6.45, 7) is 9.26. The standard InChI is InChI=1S/C14H20NO3.CH4N.W/c1-5-7-8-12(6-2)10-18-14(17)15-13(9-16)11(3)4;1-2;/h5-8,11,13H,2,10H2,1,3-4H3,(H,15,17);2H,1H3;/q2*-1;+2/b7-5-,12-8+;;. The zero-order valence-corrected chi connectivity index (χ0v) is 15.9. The molecule has 6 heteroatoms. The van der Waals surface area contributed by atoms with E-state index in [1.54, 1.807) is 18.4 Å². The van der Waals surface area contributed by atoms with E-state index < -0.39 is 12.1 Å². The first-order valence-electron chi connectivity index (χ1n) is 6.30. The van der Waals surface area contributed by atoms with E-state index in [1.165, 1.54) is 7.05 Å². The maximum Gasteiger partial charge on any atom is 2.00 e. The summed E-state index contributed by atoms with van der Waals surface area (Å²) in [4.78, 5) is 22.0. The predicted molar refractivity (Wildman–Crippen MR) is 82.1 cm³/mol. The van der Waals surface area contributed by atoms with Crippen molar-refractivity contribution in [2.75, 3.05) is 13.7 Å². The maximum atomic E-state index is 11.4. The molecule has 1 unspecified atom stereocenters. The fraction of sp³-hybridized carbons (Fsp3) is 0.467. The molecule has 0 saturated heterocycles. The maximum absolute atomic E-state index is 11.4. The zero-order valence-electron chi connectivity index (χ0n) is 13.0. The molecule has 0 spiro atoms. The molecule has 0 rings (SSSR count). The van der Waals surface area contributed by atoms with Gasteiger partial charge in [-0.15, -0.1) is 0 Å². The van der Waals surface area contributed by atoms with Crippen LogP contribution in [0, 0.1) is 5.92 Å². The number of alkyl carbamates (subject to hydrolysis) is 1. The van der Waals surface area contributed by atoms with Gasteiger partial charge in [-0.25, -0.2) is 11.1 Å². The summed E-state index contributed by atoms with van der Waals surface area (Å²) < 4.78 is 4.97. The van der Waals surface area contributed by atoms with Crippen LogP contribution in [-0.4, -0.2) is 32.1 Å². The largest absolute Gasteiger partial charge is 2.00 e. The van der Waals surface area contributed by atoms with Gasteiger partial charge in [-0.1, -0.05) is 56.7 Å². The van der Waals surface area contributed by atoms with Crippen LogP contribution in [-0.2, 0) is 30.6 Å². The molecular weight excluding hydrogens is 440 g/mol. The van der Waals surface area contributed by atoms with Gasteiger partial charge in [-0.2, -0.15) is 7.05 Å². The molecule has 0 aliphatic carbocycles. The Hall–Kier alpha value is -1.19. The molecule has 21 heavy (non-hydrogen) atoms. The summed E-state index contributed by atoms with van der Waals surface area (Å²) in [6.07, 6.45) is 8.22. The second kappa shape index (κ2) is 16.9. The fourth-order valence-corrected chi connectivity index (χ4v) is 1.04. The number of allylic oxidation sites excluding steroid dienone is 3. The normalized spacial score (nSPS) is 11.8. The summed E-state index contributed by atoms with van der Waals surface area (Å²) in [7, 11) is 1.25. The van der Waals surface area contributed by atoms with Crippen molar-refractivity contribution in [2.24, 2.45) is 5.92 Å². The summed E-state index contributed by atoms with van der Waals surface area (Å²) in [5.74, 6) is -0.0208. The molecule has 0 aromatic carbocycles. The number of nitrogens with one attached hydrogen (secondary N) is 2. The van der Waals surface area contributed by atoms with Crippen molar-refractivity contribution in [3.8, 4) is 0 Å². The summed E-state index contributed by atoms with van der Waals surface area (Å²) in [5, 5.41) is 2.44. The van der Waals surface area contributed by atoms with Crippen molar-refractivity contribution in [3.63, 3.8) is 0 Å². The van der Waals surface area contributed by atoms with E-state index >= 15 is 0 Å². The molecule has 0 saturated carbocycles. The average molecular weight is 464 g/mol. The molecule has 0 radical (unpaired) electrons. The Bertz CT molecular complexity index is 353. The summed E-state index contributed by atoms with van der Waals surface area (Å²) >= 11 is 0. The monoisotopic (exact) mass is 464 g/mol. The minimum Gasteiger partial charge on any atom is -0.680 e. The number of ether oxygens (including phenoxy) is 1. The van der Waals surface area contributed by atoms with E-state index in [0.717, 1.165) is 5.57 Å². The molecule has 0 aromatic heterocycles. The smallest absolute Gasteiger partial charge is 0.680 e. The molecular formula is C15H24N2O3W. The number of amides is 1. The SMILES string of the molecule is C=C/C(=C\C=C/C)COC(=O)NC([C-]=O)C(C)C.C[NH-].[W+2]. The Labute approximate surface area is 141 Å². The van der Waals surface area contributed by atoms with Gasteiger partial charge in [-0.3, -0.25) is 0 Å². The minimum absolute atomic E-state index is 0. The molecule has 0 aliphatic heterocycles. The van der Waals surface area contributed by atoms with Crippen molar-refractivity contribution < 1.29 is 35.4 Å². The Balaban J connectivity index is -0.00000103. The van der Waals surface area contributed by atoms with Crippen LogP contribution in [0.2, 0.25) is 0 Å². The molecule has 0 aliphatic rings. The molecule has 0 fully saturated rings. The second-order valence-corrected chi connectivity index (χ2v) is 4.03. The summed E-state index contributed by atoms with van der Waals surface area (Å²) in [6, 6.07) is -0.649. The number of hydrogen-bond donors (Lipinski definition) is 1. The quantitative estimate of drug-likeness (QED) is 0.465. The van der Waals surface area contributed by atoms with Crippen molar-refractivity contribution in [3.05, 3.63) is 42.2 Å². The van der Waals surface area contributed by atoms with Crippen molar-refractivity contribution in [1.29, 1.82) is 0 Å². The molecule has 1 atom stereocenters. The van der Waals surface area contributed by atoms with E-state index in [1.807, 2.05) is 32.9 Å². The second-order valence-electron chi connectivity index (χ2n) is 4.03. The minimum atomic E-state index is -0.649. The van der Waals surface area contributed by atoms with Crippen molar-refractivity contribution in [2.45, 2.75) is 26.8 Å². The first-order valence-corrected chi connectivity index (χ1v) is 6.30. The molecule has 0 heterocycles. The first-order chi connectivity index (χ1) is 9.54. The van der Waals surface area contributed by atoms with Gasteiger partial charge in [0, 0.05) is 0 Å². The van der Waals surface area contributed by atoms with Gasteiger partial charge in [0.15, 0.2) is 0 Å². The van der Waals surface area contributed by atoms with E-state index in [0.29, 0.717) is 0 Å². The van der Waals surface area contributed by atoms with Crippen LogP contribution in [0.1, 0.15) is 20.8 Å². The Morgan fingerprint density at radius 3 is 2.38 bits per heavy atom. The van der Waals surface area contributed by atoms with Crippen LogP contribution in [0.3, 0.4) is 0 Å². The molecule has 118 valence electrons. The third-order valence-electron chi connectivity index (χ3n) is 2.20. The van der Waals surface area contributed by atoms with Crippen molar-refractivity contribution >= 4 is 12.4 Å². The predicted octanol–water partition coefficient (Wildman–Crippen LogP) is 3.20. The topological polar surface area (TPSA) is 79.2 Å². The number of carbonyl (C=O) groups excluding carboxylic acids is 2.